The van der Waals surface area contributed by atoms with Gasteiger partial charge < -0.3 is 4.74 Å². The molecule has 2 aromatic rings. The topological polar surface area (TPSA) is 41.9 Å². The Hall–Kier alpha value is -2.62. The summed E-state index contributed by atoms with van der Waals surface area (Å²) in [6.45, 7) is 0.0685. The quantitative estimate of drug-likeness (QED) is 0.867. The first-order chi connectivity index (χ1) is 10.2. The molecular formula is C17H16N2O2. The number of aliphatic imine (C=N–C) groups is 1. The minimum atomic E-state index is -0.0748. The van der Waals surface area contributed by atoms with Crippen LogP contribution >= 0.6 is 0 Å². The molecule has 106 valence electrons. The number of carbonyl (C=O) groups excluding carboxylic acids is 1. The molecule has 0 saturated carbocycles. The molecule has 1 amide bonds. The van der Waals surface area contributed by atoms with Crippen molar-refractivity contribution >= 4 is 17.6 Å². The molecule has 1 aliphatic rings. The number of hydrogen-bond acceptors (Lipinski definition) is 3. The standard InChI is InChI=1S/C17H16N2O2/c1-19-16(20)12-21-17(19)18-15-9-5-8-14(11-15)10-13-6-3-2-4-7-13/h2-9,11H,10,12H2,1H3. The van der Waals surface area contributed by atoms with Crippen molar-refractivity contribution in [3.8, 4) is 0 Å². The van der Waals surface area contributed by atoms with Crippen LogP contribution in [0.5, 0.6) is 0 Å². The first-order valence-electron chi connectivity index (χ1n) is 6.83. The molecule has 0 aliphatic carbocycles. The Kier molecular flexibility index (Phi) is 3.69. The summed E-state index contributed by atoms with van der Waals surface area (Å²) >= 11 is 0. The van der Waals surface area contributed by atoms with Crippen molar-refractivity contribution in [3.05, 3.63) is 65.7 Å². The Morgan fingerprint density at radius 2 is 1.86 bits per heavy atom. The van der Waals surface area contributed by atoms with Gasteiger partial charge in [0.1, 0.15) is 0 Å². The van der Waals surface area contributed by atoms with E-state index in [0.717, 1.165) is 12.1 Å². The molecule has 4 nitrogen and oxygen atoms in total. The summed E-state index contributed by atoms with van der Waals surface area (Å²) in [5, 5.41) is 0. The van der Waals surface area contributed by atoms with Crippen LogP contribution in [0.3, 0.4) is 0 Å². The fourth-order valence-corrected chi connectivity index (χ4v) is 2.21. The van der Waals surface area contributed by atoms with Gasteiger partial charge in [-0.2, -0.15) is 4.99 Å². The zero-order valence-corrected chi connectivity index (χ0v) is 11.8. The van der Waals surface area contributed by atoms with Crippen LogP contribution < -0.4 is 0 Å². The zero-order chi connectivity index (χ0) is 14.7. The van der Waals surface area contributed by atoms with Crippen LogP contribution in [0.2, 0.25) is 0 Å². The lowest BCUT2D eigenvalue weighted by Gasteiger charge is -2.07. The summed E-state index contributed by atoms with van der Waals surface area (Å²) in [5.41, 5.74) is 3.22. The third kappa shape index (κ3) is 3.11. The molecule has 3 rings (SSSR count). The van der Waals surface area contributed by atoms with Gasteiger partial charge in [-0.3, -0.25) is 9.69 Å². The number of hydrogen-bond donors (Lipinski definition) is 0. The molecule has 1 fully saturated rings. The van der Waals surface area contributed by atoms with Crippen molar-refractivity contribution in [2.75, 3.05) is 13.7 Å². The first-order valence-corrected chi connectivity index (χ1v) is 6.83. The highest BCUT2D eigenvalue weighted by Crippen LogP contribution is 2.19. The maximum atomic E-state index is 11.4. The molecule has 0 spiro atoms. The van der Waals surface area contributed by atoms with E-state index < -0.39 is 0 Å². The van der Waals surface area contributed by atoms with Crippen molar-refractivity contribution < 1.29 is 9.53 Å². The molecule has 0 atom stereocenters. The third-order valence-corrected chi connectivity index (χ3v) is 3.37. The van der Waals surface area contributed by atoms with Gasteiger partial charge in [0.2, 0.25) is 0 Å². The fourth-order valence-electron chi connectivity index (χ4n) is 2.21. The summed E-state index contributed by atoms with van der Waals surface area (Å²) < 4.78 is 5.27. The molecule has 21 heavy (non-hydrogen) atoms. The average Bonchev–Trinajstić information content (AvgIpc) is 2.81. The smallest absolute Gasteiger partial charge is 0.299 e. The van der Waals surface area contributed by atoms with Gasteiger partial charge in [-0.15, -0.1) is 0 Å². The zero-order valence-electron chi connectivity index (χ0n) is 11.8. The second-order valence-corrected chi connectivity index (χ2v) is 4.97. The Bertz CT molecular complexity index is 680. The minimum Gasteiger partial charge on any atom is -0.454 e. The maximum Gasteiger partial charge on any atom is 0.299 e. The van der Waals surface area contributed by atoms with Crippen LogP contribution in [0.1, 0.15) is 11.1 Å². The molecule has 1 heterocycles. The second-order valence-electron chi connectivity index (χ2n) is 4.97. The normalized spacial score (nSPS) is 16.3. The summed E-state index contributed by atoms with van der Waals surface area (Å²) in [6, 6.07) is 18.6. The summed E-state index contributed by atoms with van der Waals surface area (Å²) in [6.07, 6.45) is 0.856. The van der Waals surface area contributed by atoms with Gasteiger partial charge in [-0.25, -0.2) is 0 Å². The van der Waals surface area contributed by atoms with Gasteiger partial charge in [-0.1, -0.05) is 42.5 Å². The molecule has 0 bridgehead atoms. The SMILES string of the molecule is CN1C(=O)COC1=Nc1cccc(Cc2ccccc2)c1. The minimum absolute atomic E-state index is 0.0685. The predicted molar refractivity (Wildman–Crippen MR) is 81.5 cm³/mol. The monoisotopic (exact) mass is 280 g/mol. The van der Waals surface area contributed by atoms with Gasteiger partial charge >= 0.3 is 0 Å². The van der Waals surface area contributed by atoms with E-state index in [1.165, 1.54) is 16.0 Å². The summed E-state index contributed by atoms with van der Waals surface area (Å²) in [7, 11) is 1.67. The number of rotatable bonds is 3. The molecule has 0 unspecified atom stereocenters. The molecule has 1 saturated heterocycles. The Morgan fingerprint density at radius 3 is 2.57 bits per heavy atom. The number of likely N-dealkylation sites (N-methyl/N-ethyl adjacent to an activating group) is 1. The van der Waals surface area contributed by atoms with Crippen LogP contribution in [0, 0.1) is 0 Å². The molecule has 0 N–H and O–H groups in total. The highest BCUT2D eigenvalue weighted by Gasteiger charge is 2.25. The van der Waals surface area contributed by atoms with Crippen LogP contribution in [0.15, 0.2) is 59.6 Å². The number of carbonyl (C=O) groups is 1. The van der Waals surface area contributed by atoms with Gasteiger partial charge in [0.15, 0.2) is 6.61 Å². The lowest BCUT2D eigenvalue weighted by atomic mass is 10.0. The predicted octanol–water partition coefficient (Wildman–Crippen LogP) is 2.75. The first kappa shape index (κ1) is 13.4. The number of benzene rings is 2. The lowest BCUT2D eigenvalue weighted by molar-refractivity contribution is -0.124. The number of ether oxygens (including phenoxy) is 1. The van der Waals surface area contributed by atoms with E-state index in [1.807, 2.05) is 36.4 Å². The third-order valence-electron chi connectivity index (χ3n) is 3.37. The van der Waals surface area contributed by atoms with Crippen molar-refractivity contribution in [2.45, 2.75) is 6.42 Å². The molecule has 0 radical (unpaired) electrons. The van der Waals surface area contributed by atoms with E-state index in [-0.39, 0.29) is 12.5 Å². The van der Waals surface area contributed by atoms with Gasteiger partial charge in [0, 0.05) is 7.05 Å². The van der Waals surface area contributed by atoms with Gasteiger partial charge in [-0.05, 0) is 29.7 Å². The Labute approximate surface area is 123 Å². The van der Waals surface area contributed by atoms with Crippen LogP contribution in [0.25, 0.3) is 0 Å². The van der Waals surface area contributed by atoms with E-state index in [2.05, 4.69) is 23.2 Å². The van der Waals surface area contributed by atoms with Crippen LogP contribution in [-0.4, -0.2) is 30.5 Å². The van der Waals surface area contributed by atoms with Crippen molar-refractivity contribution in [2.24, 2.45) is 4.99 Å². The maximum absolute atomic E-state index is 11.4. The summed E-state index contributed by atoms with van der Waals surface area (Å²) in [5.74, 6) is -0.0748. The van der Waals surface area contributed by atoms with Crippen molar-refractivity contribution in [1.82, 2.24) is 4.90 Å². The molecule has 1 aliphatic heterocycles. The van der Waals surface area contributed by atoms with Crippen LogP contribution in [-0.2, 0) is 16.0 Å². The fraction of sp³-hybridized carbons (Fsp3) is 0.176. The number of nitrogens with zero attached hydrogens (tertiary/aromatic N) is 2. The number of amides is 1. The molecule has 2 aromatic carbocycles. The van der Waals surface area contributed by atoms with E-state index in [1.54, 1.807) is 7.05 Å². The Balaban J connectivity index is 1.81. The highest BCUT2D eigenvalue weighted by atomic mass is 16.5. The second kappa shape index (κ2) is 5.79. The molecule has 0 aromatic heterocycles. The number of amidine groups is 1. The van der Waals surface area contributed by atoms with Crippen molar-refractivity contribution in [3.63, 3.8) is 0 Å². The highest BCUT2D eigenvalue weighted by molar-refractivity contribution is 6.00. The Morgan fingerprint density at radius 1 is 1.10 bits per heavy atom. The average molecular weight is 280 g/mol. The van der Waals surface area contributed by atoms with E-state index in [0.29, 0.717) is 6.02 Å². The van der Waals surface area contributed by atoms with E-state index in [4.69, 9.17) is 4.74 Å². The molecule has 4 heteroatoms. The van der Waals surface area contributed by atoms with E-state index in [9.17, 15) is 4.79 Å². The van der Waals surface area contributed by atoms with Crippen LogP contribution in [0.4, 0.5) is 5.69 Å². The van der Waals surface area contributed by atoms with E-state index >= 15 is 0 Å². The lowest BCUT2D eigenvalue weighted by Crippen LogP contribution is -2.24. The van der Waals surface area contributed by atoms with Gasteiger partial charge in [0.05, 0.1) is 5.69 Å². The summed E-state index contributed by atoms with van der Waals surface area (Å²) in [4.78, 5) is 17.2. The van der Waals surface area contributed by atoms with Crippen molar-refractivity contribution in [1.29, 1.82) is 0 Å². The van der Waals surface area contributed by atoms with Gasteiger partial charge in [0.25, 0.3) is 11.9 Å². The molecular weight excluding hydrogens is 264 g/mol. The largest absolute Gasteiger partial charge is 0.454 e.